The first-order valence-corrected chi connectivity index (χ1v) is 12.5. The maximum absolute atomic E-state index is 12.9. The van der Waals surface area contributed by atoms with Gasteiger partial charge in [0.05, 0.1) is 19.1 Å². The van der Waals surface area contributed by atoms with Gasteiger partial charge in [-0.2, -0.15) is 0 Å². The predicted molar refractivity (Wildman–Crippen MR) is 126 cm³/mol. The molecule has 1 amide bonds. The van der Waals surface area contributed by atoms with Crippen molar-refractivity contribution in [1.82, 2.24) is 0 Å². The lowest BCUT2D eigenvalue weighted by Crippen LogP contribution is -2.67. The third-order valence-corrected chi connectivity index (χ3v) is 11.0. The van der Waals surface area contributed by atoms with Gasteiger partial charge in [0.1, 0.15) is 0 Å². The Hall–Kier alpha value is -2.69. The van der Waals surface area contributed by atoms with Crippen LogP contribution in [0.4, 0.5) is 5.69 Å². The van der Waals surface area contributed by atoms with Crippen LogP contribution in [0.3, 0.4) is 0 Å². The second-order valence-corrected chi connectivity index (χ2v) is 13.2. The molecule has 0 bridgehead atoms. The smallest absolute Gasteiger partial charge is 0.261 e. The van der Waals surface area contributed by atoms with E-state index in [4.69, 9.17) is 4.43 Å². The molecule has 0 spiro atoms. The van der Waals surface area contributed by atoms with Crippen LogP contribution in [0.25, 0.3) is 0 Å². The van der Waals surface area contributed by atoms with Crippen molar-refractivity contribution in [1.29, 1.82) is 0 Å². The van der Waals surface area contributed by atoms with Gasteiger partial charge in [-0.15, -0.1) is 0 Å². The highest BCUT2D eigenvalue weighted by Crippen LogP contribution is 2.39. The van der Waals surface area contributed by atoms with Crippen LogP contribution in [-0.2, 0) is 9.22 Å². The number of benzene rings is 3. The molecule has 1 saturated heterocycles. The molecule has 4 heteroatoms. The number of hydrogen-bond donors (Lipinski definition) is 0. The highest BCUT2D eigenvalue weighted by molar-refractivity contribution is 6.99. The molecule has 3 aromatic rings. The molecule has 1 aliphatic rings. The number of nitrogens with zero attached hydrogens (tertiary/aromatic N) is 1. The number of para-hydroxylation sites is 1. The van der Waals surface area contributed by atoms with Gasteiger partial charge in [0.15, 0.2) is 0 Å². The zero-order valence-corrected chi connectivity index (χ0v) is 18.9. The van der Waals surface area contributed by atoms with Crippen molar-refractivity contribution in [2.75, 3.05) is 11.4 Å². The molecule has 154 valence electrons. The summed E-state index contributed by atoms with van der Waals surface area (Å²) < 4.78 is 7.13. The van der Waals surface area contributed by atoms with Crippen molar-refractivity contribution < 1.29 is 9.22 Å². The summed E-state index contributed by atoms with van der Waals surface area (Å²) >= 11 is 0. The average molecular weight is 416 g/mol. The molecule has 3 nitrogen and oxygen atoms in total. The SMILES string of the molecule is CC(C)(C)[Si](O[C@H]1CC(=O)N(c2ccccc2)C1)(c1ccccc1)c1ccccc1. The molecule has 1 atom stereocenters. The molecule has 0 saturated carbocycles. The normalized spacial score (nSPS) is 17.4. The average Bonchev–Trinajstić information content (AvgIpc) is 3.13. The summed E-state index contributed by atoms with van der Waals surface area (Å²) in [6.07, 6.45) is 0.281. The number of carbonyl (C=O) groups excluding carboxylic acids is 1. The topological polar surface area (TPSA) is 29.5 Å². The number of anilines is 1. The molecule has 30 heavy (non-hydrogen) atoms. The third-order valence-electron chi connectivity index (χ3n) is 5.92. The molecule has 1 heterocycles. The maximum atomic E-state index is 12.9. The van der Waals surface area contributed by atoms with Crippen LogP contribution in [0.5, 0.6) is 0 Å². The third kappa shape index (κ3) is 3.73. The van der Waals surface area contributed by atoms with Crippen LogP contribution in [0.15, 0.2) is 91.0 Å². The Kier molecular flexibility index (Phi) is 5.63. The number of carbonyl (C=O) groups is 1. The van der Waals surface area contributed by atoms with Gasteiger partial charge < -0.3 is 9.33 Å². The second-order valence-electron chi connectivity index (χ2n) is 8.95. The van der Waals surface area contributed by atoms with Crippen molar-refractivity contribution in [2.24, 2.45) is 0 Å². The Balaban J connectivity index is 1.75. The predicted octanol–water partition coefficient (Wildman–Crippen LogP) is 4.37. The van der Waals surface area contributed by atoms with Gasteiger partial charge in [0.25, 0.3) is 8.32 Å². The lowest BCUT2D eigenvalue weighted by atomic mass is 10.2. The van der Waals surface area contributed by atoms with Gasteiger partial charge in [0.2, 0.25) is 5.91 Å². The highest BCUT2D eigenvalue weighted by atomic mass is 28.4. The van der Waals surface area contributed by atoms with Gasteiger partial charge >= 0.3 is 0 Å². The fourth-order valence-electron chi connectivity index (χ4n) is 4.55. The molecule has 1 aliphatic heterocycles. The summed E-state index contributed by atoms with van der Waals surface area (Å²) in [5, 5.41) is 2.39. The van der Waals surface area contributed by atoms with Crippen LogP contribution in [0.1, 0.15) is 27.2 Å². The van der Waals surface area contributed by atoms with Crippen molar-refractivity contribution >= 4 is 30.3 Å². The van der Waals surface area contributed by atoms with Crippen molar-refractivity contribution in [3.05, 3.63) is 91.0 Å². The van der Waals surface area contributed by atoms with Crippen molar-refractivity contribution in [2.45, 2.75) is 38.3 Å². The van der Waals surface area contributed by atoms with E-state index in [-0.39, 0.29) is 17.0 Å². The molecule has 4 rings (SSSR count). The van der Waals surface area contributed by atoms with E-state index >= 15 is 0 Å². The molecule has 0 N–H and O–H groups in total. The first kappa shape index (κ1) is 20.6. The van der Waals surface area contributed by atoms with Gasteiger partial charge in [-0.05, 0) is 27.5 Å². The quantitative estimate of drug-likeness (QED) is 0.579. The zero-order valence-electron chi connectivity index (χ0n) is 17.9. The fourth-order valence-corrected chi connectivity index (χ4v) is 9.23. The Morgan fingerprint density at radius 1 is 0.800 bits per heavy atom. The van der Waals surface area contributed by atoms with Gasteiger partial charge in [0, 0.05) is 5.69 Å². The molecule has 0 radical (unpaired) electrons. The highest BCUT2D eigenvalue weighted by Gasteiger charge is 2.52. The van der Waals surface area contributed by atoms with Crippen LogP contribution >= 0.6 is 0 Å². The van der Waals surface area contributed by atoms with Gasteiger partial charge in [-0.1, -0.05) is 99.6 Å². The van der Waals surface area contributed by atoms with Crippen LogP contribution < -0.4 is 15.3 Å². The Morgan fingerprint density at radius 2 is 1.27 bits per heavy atom. The summed E-state index contributed by atoms with van der Waals surface area (Å²) in [7, 11) is -2.65. The lowest BCUT2D eigenvalue weighted by molar-refractivity contribution is -0.117. The summed E-state index contributed by atoms with van der Waals surface area (Å²) in [4.78, 5) is 14.7. The van der Waals surface area contributed by atoms with Crippen LogP contribution in [-0.4, -0.2) is 26.9 Å². The summed E-state index contributed by atoms with van der Waals surface area (Å²) in [5.41, 5.74) is 0.941. The summed E-state index contributed by atoms with van der Waals surface area (Å²) in [6, 6.07) is 31.1. The van der Waals surface area contributed by atoms with Crippen molar-refractivity contribution in [3.63, 3.8) is 0 Å². The largest absolute Gasteiger partial charge is 0.402 e. The lowest BCUT2D eigenvalue weighted by Gasteiger charge is -2.44. The fraction of sp³-hybridized carbons (Fsp3) is 0.269. The second kappa shape index (κ2) is 8.21. The molecule has 1 fully saturated rings. The van der Waals surface area contributed by atoms with E-state index in [1.54, 1.807) is 0 Å². The van der Waals surface area contributed by atoms with E-state index in [0.29, 0.717) is 13.0 Å². The van der Waals surface area contributed by atoms with Crippen LogP contribution in [0, 0.1) is 0 Å². The van der Waals surface area contributed by atoms with E-state index in [1.807, 2.05) is 47.4 Å². The number of amides is 1. The molecule has 0 aromatic heterocycles. The zero-order chi connectivity index (χ0) is 21.2. The molecule has 0 aliphatic carbocycles. The Morgan fingerprint density at radius 3 is 1.73 bits per heavy atom. The Bertz CT molecular complexity index is 944. The summed E-state index contributed by atoms with van der Waals surface area (Å²) in [5.74, 6) is 0.129. The first-order valence-electron chi connectivity index (χ1n) is 10.6. The number of rotatable bonds is 5. The van der Waals surface area contributed by atoms with E-state index in [2.05, 4.69) is 69.3 Å². The van der Waals surface area contributed by atoms with E-state index in [1.165, 1.54) is 10.4 Å². The maximum Gasteiger partial charge on any atom is 0.261 e. The van der Waals surface area contributed by atoms with E-state index in [0.717, 1.165) is 5.69 Å². The summed E-state index contributed by atoms with van der Waals surface area (Å²) in [6.45, 7) is 7.40. The van der Waals surface area contributed by atoms with Crippen molar-refractivity contribution in [3.8, 4) is 0 Å². The van der Waals surface area contributed by atoms with Gasteiger partial charge in [-0.25, -0.2) is 0 Å². The minimum atomic E-state index is -2.65. The minimum absolute atomic E-state index is 0.0983. The standard InChI is InChI=1S/C26H29NO2Si/c1-26(2,3)30(23-15-9-5-10-16-23,24-17-11-6-12-18-24)29-22-19-25(28)27(20-22)21-13-7-4-8-14-21/h4-18,22H,19-20H2,1-3H3/t22-/m0/s1. The van der Waals surface area contributed by atoms with E-state index in [9.17, 15) is 4.79 Å². The molecular weight excluding hydrogens is 386 g/mol. The van der Waals surface area contributed by atoms with Crippen LogP contribution in [0.2, 0.25) is 5.04 Å². The molecule has 3 aromatic carbocycles. The first-order chi connectivity index (χ1) is 14.4. The van der Waals surface area contributed by atoms with E-state index < -0.39 is 8.32 Å². The minimum Gasteiger partial charge on any atom is -0.402 e. The monoisotopic (exact) mass is 415 g/mol. The molecular formula is C26H29NO2Si. The Labute approximate surface area is 180 Å². The molecule has 0 unspecified atom stereocenters. The van der Waals surface area contributed by atoms with Gasteiger partial charge in [-0.3, -0.25) is 4.79 Å². The number of hydrogen-bond acceptors (Lipinski definition) is 2.